The third-order valence-corrected chi connectivity index (χ3v) is 4.75. The summed E-state index contributed by atoms with van der Waals surface area (Å²) in [7, 11) is 0. The number of thiophene rings is 1. The van der Waals surface area contributed by atoms with Gasteiger partial charge in [-0.2, -0.15) is 5.26 Å². The third kappa shape index (κ3) is 3.88. The van der Waals surface area contributed by atoms with E-state index in [-0.39, 0.29) is 11.5 Å². The van der Waals surface area contributed by atoms with Crippen molar-refractivity contribution in [2.75, 3.05) is 5.32 Å². The highest BCUT2D eigenvalue weighted by atomic mass is 32.1. The zero-order chi connectivity index (χ0) is 16.8. The number of para-hydroxylation sites is 1. The lowest BCUT2D eigenvalue weighted by Gasteiger charge is -2.14. The summed E-state index contributed by atoms with van der Waals surface area (Å²) in [5.74, 6) is -0.351. The van der Waals surface area contributed by atoms with Crippen LogP contribution in [-0.4, -0.2) is 5.91 Å². The molecule has 2 rings (SSSR count). The lowest BCUT2D eigenvalue weighted by atomic mass is 10.0. The summed E-state index contributed by atoms with van der Waals surface area (Å²) in [6.07, 6.45) is 3.33. The smallest absolute Gasteiger partial charge is 0.266 e. The molecule has 0 radical (unpaired) electrons. The van der Waals surface area contributed by atoms with Gasteiger partial charge in [0.05, 0.1) is 0 Å². The summed E-state index contributed by atoms with van der Waals surface area (Å²) in [6.45, 7) is 6.08. The highest BCUT2D eigenvalue weighted by molar-refractivity contribution is 7.11. The normalized spacial score (nSPS) is 11.1. The Kier molecular flexibility index (Phi) is 5.72. The summed E-state index contributed by atoms with van der Waals surface area (Å²) < 4.78 is 0. The number of nitrogens with one attached hydrogen (secondary N) is 1. The van der Waals surface area contributed by atoms with Gasteiger partial charge in [0.15, 0.2) is 0 Å². The molecule has 0 aliphatic carbocycles. The van der Waals surface area contributed by atoms with Gasteiger partial charge in [0.1, 0.15) is 11.6 Å². The molecule has 4 heteroatoms. The molecule has 3 nitrogen and oxygen atoms in total. The number of carbonyl (C=O) groups excluding carboxylic acids is 1. The van der Waals surface area contributed by atoms with E-state index in [9.17, 15) is 10.1 Å². The van der Waals surface area contributed by atoms with Gasteiger partial charge in [0, 0.05) is 10.6 Å². The molecule has 1 N–H and O–H groups in total. The van der Waals surface area contributed by atoms with Gasteiger partial charge in [-0.3, -0.25) is 4.79 Å². The van der Waals surface area contributed by atoms with Gasteiger partial charge >= 0.3 is 0 Å². The van der Waals surface area contributed by atoms with Crippen molar-refractivity contribution in [1.29, 1.82) is 5.26 Å². The highest BCUT2D eigenvalue weighted by Crippen LogP contribution is 2.24. The highest BCUT2D eigenvalue weighted by Gasteiger charge is 2.14. The molecule has 0 aliphatic rings. The Morgan fingerprint density at radius 1 is 1.26 bits per heavy atom. The van der Waals surface area contributed by atoms with Crippen molar-refractivity contribution >= 4 is 29.0 Å². The lowest BCUT2D eigenvalue weighted by molar-refractivity contribution is -0.112. The van der Waals surface area contributed by atoms with Crippen molar-refractivity contribution in [2.24, 2.45) is 0 Å². The number of hydrogen-bond acceptors (Lipinski definition) is 3. The van der Waals surface area contributed by atoms with Crippen molar-refractivity contribution < 1.29 is 4.79 Å². The fraction of sp³-hybridized carbons (Fsp3) is 0.263. The van der Waals surface area contributed by atoms with Gasteiger partial charge in [-0.05, 0) is 54.0 Å². The molecule has 23 heavy (non-hydrogen) atoms. The van der Waals surface area contributed by atoms with E-state index in [4.69, 9.17) is 0 Å². The Bertz CT molecular complexity index is 759. The minimum Gasteiger partial charge on any atom is -0.321 e. The van der Waals surface area contributed by atoms with Crippen LogP contribution < -0.4 is 5.32 Å². The Hall–Kier alpha value is -2.38. The molecule has 1 heterocycles. The number of amides is 1. The van der Waals surface area contributed by atoms with Crippen LogP contribution in [-0.2, 0) is 17.6 Å². The van der Waals surface area contributed by atoms with Crippen LogP contribution >= 0.6 is 11.3 Å². The summed E-state index contributed by atoms with van der Waals surface area (Å²) in [5.41, 5.74) is 4.21. The molecular formula is C19H20N2OS. The fourth-order valence-corrected chi connectivity index (χ4v) is 3.25. The summed E-state index contributed by atoms with van der Waals surface area (Å²) >= 11 is 1.52. The molecular weight excluding hydrogens is 304 g/mol. The number of rotatable bonds is 5. The first kappa shape index (κ1) is 17.0. The number of nitriles is 1. The standard InChI is InChI=1S/C19H20N2OS/c1-4-14-7-6-8-15(5-2)18(14)21-19(22)16(12-20)11-17-13(3)9-10-23-17/h6-11H,4-5H2,1-3H3,(H,21,22)/b16-11+. The van der Waals surface area contributed by atoms with Crippen molar-refractivity contribution in [3.8, 4) is 6.07 Å². The molecule has 118 valence electrons. The first-order chi connectivity index (χ1) is 11.1. The average molecular weight is 324 g/mol. The molecule has 0 saturated carbocycles. The van der Waals surface area contributed by atoms with E-state index in [1.807, 2.05) is 42.6 Å². The van der Waals surface area contributed by atoms with Gasteiger partial charge in [-0.1, -0.05) is 32.0 Å². The molecule has 0 saturated heterocycles. The number of aryl methyl sites for hydroxylation is 3. The van der Waals surface area contributed by atoms with Gasteiger partial charge in [-0.15, -0.1) is 11.3 Å². The quantitative estimate of drug-likeness (QED) is 0.638. The van der Waals surface area contributed by atoms with E-state index in [2.05, 4.69) is 19.2 Å². The second-order valence-corrected chi connectivity index (χ2v) is 6.20. The summed E-state index contributed by atoms with van der Waals surface area (Å²) in [5, 5.41) is 14.2. The molecule has 1 aromatic carbocycles. The molecule has 0 unspecified atom stereocenters. The van der Waals surface area contributed by atoms with Crippen LogP contribution in [0, 0.1) is 18.3 Å². The molecule has 2 aromatic rings. The molecule has 0 fully saturated rings. The number of anilines is 1. The largest absolute Gasteiger partial charge is 0.321 e. The maximum Gasteiger partial charge on any atom is 0.266 e. The molecule has 1 aromatic heterocycles. The summed E-state index contributed by atoms with van der Waals surface area (Å²) in [6, 6.07) is 10.0. The van der Waals surface area contributed by atoms with Crippen molar-refractivity contribution in [2.45, 2.75) is 33.6 Å². The average Bonchev–Trinajstić information content (AvgIpc) is 2.97. The van der Waals surface area contributed by atoms with E-state index < -0.39 is 0 Å². The molecule has 0 aliphatic heterocycles. The number of nitrogens with zero attached hydrogens (tertiary/aromatic N) is 1. The van der Waals surface area contributed by atoms with E-state index in [0.29, 0.717) is 0 Å². The first-order valence-electron chi connectivity index (χ1n) is 7.68. The van der Waals surface area contributed by atoms with Crippen LogP contribution in [0.4, 0.5) is 5.69 Å². The molecule has 1 amide bonds. The van der Waals surface area contributed by atoms with Crippen LogP contribution in [0.1, 0.15) is 35.4 Å². The number of benzene rings is 1. The van der Waals surface area contributed by atoms with Crippen molar-refractivity contribution in [3.63, 3.8) is 0 Å². The zero-order valence-corrected chi connectivity index (χ0v) is 14.5. The molecule has 0 bridgehead atoms. The topological polar surface area (TPSA) is 52.9 Å². The second-order valence-electron chi connectivity index (χ2n) is 5.25. The van der Waals surface area contributed by atoms with Gasteiger partial charge in [-0.25, -0.2) is 0 Å². The predicted octanol–water partition coefficient (Wildman–Crippen LogP) is 4.73. The van der Waals surface area contributed by atoms with Crippen molar-refractivity contribution in [1.82, 2.24) is 0 Å². The first-order valence-corrected chi connectivity index (χ1v) is 8.56. The molecule has 0 atom stereocenters. The van der Waals surface area contributed by atoms with Gasteiger partial charge in [0.25, 0.3) is 5.91 Å². The Morgan fingerprint density at radius 3 is 2.39 bits per heavy atom. The minimum atomic E-state index is -0.351. The SMILES string of the molecule is CCc1cccc(CC)c1NC(=O)/C(C#N)=C/c1sccc1C. The van der Waals surface area contributed by atoms with E-state index in [1.54, 1.807) is 6.08 Å². The third-order valence-electron chi connectivity index (χ3n) is 3.78. The Balaban J connectivity index is 2.33. The van der Waals surface area contributed by atoms with E-state index in [0.717, 1.165) is 40.1 Å². The van der Waals surface area contributed by atoms with E-state index >= 15 is 0 Å². The van der Waals surface area contributed by atoms with Gasteiger partial charge < -0.3 is 5.32 Å². The fourth-order valence-electron chi connectivity index (χ4n) is 2.40. The Labute approximate surface area is 141 Å². The Morgan fingerprint density at radius 2 is 1.91 bits per heavy atom. The van der Waals surface area contributed by atoms with E-state index in [1.165, 1.54) is 11.3 Å². The lowest BCUT2D eigenvalue weighted by Crippen LogP contribution is -2.16. The van der Waals surface area contributed by atoms with Crippen LogP contribution in [0.5, 0.6) is 0 Å². The zero-order valence-electron chi connectivity index (χ0n) is 13.6. The number of hydrogen-bond donors (Lipinski definition) is 1. The van der Waals surface area contributed by atoms with Crippen LogP contribution in [0.2, 0.25) is 0 Å². The van der Waals surface area contributed by atoms with Gasteiger partial charge in [0.2, 0.25) is 0 Å². The maximum absolute atomic E-state index is 12.5. The van der Waals surface area contributed by atoms with Crippen LogP contribution in [0.3, 0.4) is 0 Å². The molecule has 0 spiro atoms. The van der Waals surface area contributed by atoms with Crippen LogP contribution in [0.15, 0.2) is 35.2 Å². The van der Waals surface area contributed by atoms with Crippen LogP contribution in [0.25, 0.3) is 6.08 Å². The second kappa shape index (κ2) is 7.75. The monoisotopic (exact) mass is 324 g/mol. The summed E-state index contributed by atoms with van der Waals surface area (Å²) in [4.78, 5) is 13.5. The predicted molar refractivity (Wildman–Crippen MR) is 96.5 cm³/mol. The minimum absolute atomic E-state index is 0.128. The maximum atomic E-state index is 12.5. The number of carbonyl (C=O) groups is 1. The van der Waals surface area contributed by atoms with Crippen molar-refractivity contribution in [3.05, 3.63) is 56.8 Å².